The Labute approximate surface area is 99.7 Å². The standard InChI is InChI=1S/C9H11BrF2O4/c1-3-15-5-6(8(14)16-4-2)7(13)9(10,11)12/h5H,3-4H2,1-2H3/b6-5-. The van der Waals surface area contributed by atoms with Crippen molar-refractivity contribution in [1.29, 1.82) is 0 Å². The minimum atomic E-state index is -3.82. The Kier molecular flexibility index (Phi) is 6.17. The lowest BCUT2D eigenvalue weighted by Crippen LogP contribution is -2.28. The molecule has 0 saturated carbocycles. The third-order valence-corrected chi connectivity index (χ3v) is 1.73. The maximum atomic E-state index is 12.7. The molecule has 0 fully saturated rings. The summed E-state index contributed by atoms with van der Waals surface area (Å²) in [4.78, 5) is 18.5. The minimum Gasteiger partial charge on any atom is -0.500 e. The Hall–Kier alpha value is -0.980. The molecule has 92 valence electrons. The van der Waals surface area contributed by atoms with E-state index in [0.29, 0.717) is 6.26 Å². The molecule has 16 heavy (non-hydrogen) atoms. The van der Waals surface area contributed by atoms with E-state index in [4.69, 9.17) is 0 Å². The topological polar surface area (TPSA) is 52.6 Å². The first kappa shape index (κ1) is 15.0. The number of carbonyl (C=O) groups is 2. The molecule has 0 amide bonds. The van der Waals surface area contributed by atoms with Gasteiger partial charge in [-0.25, -0.2) is 4.79 Å². The quantitative estimate of drug-likeness (QED) is 0.188. The van der Waals surface area contributed by atoms with Gasteiger partial charge in [-0.1, -0.05) is 0 Å². The van der Waals surface area contributed by atoms with E-state index < -0.39 is 22.2 Å². The first-order valence-electron chi connectivity index (χ1n) is 4.45. The molecule has 0 heterocycles. The van der Waals surface area contributed by atoms with Gasteiger partial charge in [-0.05, 0) is 29.8 Å². The molecule has 0 aliphatic carbocycles. The van der Waals surface area contributed by atoms with Crippen molar-refractivity contribution in [3.05, 3.63) is 11.8 Å². The maximum Gasteiger partial charge on any atom is 0.363 e. The summed E-state index contributed by atoms with van der Waals surface area (Å²) in [5.74, 6) is -2.83. The van der Waals surface area contributed by atoms with E-state index in [9.17, 15) is 18.4 Å². The lowest BCUT2D eigenvalue weighted by molar-refractivity contribution is -0.142. The third-order valence-electron chi connectivity index (χ3n) is 1.37. The van der Waals surface area contributed by atoms with E-state index in [2.05, 4.69) is 9.47 Å². The summed E-state index contributed by atoms with van der Waals surface area (Å²) in [6, 6.07) is 0. The van der Waals surface area contributed by atoms with Gasteiger partial charge in [0, 0.05) is 0 Å². The molecule has 0 aliphatic heterocycles. The first-order valence-corrected chi connectivity index (χ1v) is 5.24. The smallest absolute Gasteiger partial charge is 0.363 e. The van der Waals surface area contributed by atoms with E-state index in [1.54, 1.807) is 6.92 Å². The van der Waals surface area contributed by atoms with Crippen LogP contribution in [0, 0.1) is 0 Å². The zero-order chi connectivity index (χ0) is 12.8. The SMILES string of the molecule is CCO/C=C(\C(=O)OCC)C(=O)C(F)(F)Br. The number of hydrogen-bond acceptors (Lipinski definition) is 4. The second-order valence-electron chi connectivity index (χ2n) is 2.53. The number of carbonyl (C=O) groups excluding carboxylic acids is 2. The molecule has 0 aromatic rings. The third kappa shape index (κ3) is 4.69. The lowest BCUT2D eigenvalue weighted by Gasteiger charge is -2.09. The van der Waals surface area contributed by atoms with Crippen molar-refractivity contribution in [1.82, 2.24) is 0 Å². The molecule has 0 N–H and O–H groups in total. The minimum absolute atomic E-state index is 0.0244. The fourth-order valence-electron chi connectivity index (χ4n) is 0.723. The van der Waals surface area contributed by atoms with Gasteiger partial charge in [-0.15, -0.1) is 0 Å². The van der Waals surface area contributed by atoms with Gasteiger partial charge < -0.3 is 9.47 Å². The molecule has 0 aliphatic rings. The van der Waals surface area contributed by atoms with Crippen LogP contribution < -0.4 is 0 Å². The lowest BCUT2D eigenvalue weighted by atomic mass is 10.2. The van der Waals surface area contributed by atoms with Gasteiger partial charge in [-0.3, -0.25) is 4.79 Å². The van der Waals surface area contributed by atoms with Crippen LogP contribution in [0.4, 0.5) is 8.78 Å². The van der Waals surface area contributed by atoms with Gasteiger partial charge in [0.05, 0.1) is 13.2 Å². The Morgan fingerprint density at radius 2 is 1.88 bits per heavy atom. The Morgan fingerprint density at radius 3 is 2.25 bits per heavy atom. The molecule has 0 bridgehead atoms. The van der Waals surface area contributed by atoms with Crippen LogP contribution in [0.2, 0.25) is 0 Å². The molecule has 0 rings (SSSR count). The molecule has 0 spiro atoms. The molecule has 0 unspecified atom stereocenters. The number of alkyl halides is 3. The molecule has 4 nitrogen and oxygen atoms in total. The zero-order valence-corrected chi connectivity index (χ0v) is 10.3. The average Bonchev–Trinajstić information content (AvgIpc) is 2.17. The zero-order valence-electron chi connectivity index (χ0n) is 8.76. The summed E-state index contributed by atoms with van der Waals surface area (Å²) in [7, 11) is 0. The average molecular weight is 301 g/mol. The van der Waals surface area contributed by atoms with Crippen molar-refractivity contribution in [2.75, 3.05) is 13.2 Å². The number of Topliss-reactive ketones (excluding diaryl/α,β-unsaturated/α-hetero) is 1. The van der Waals surface area contributed by atoms with Crippen LogP contribution in [0.25, 0.3) is 0 Å². The molecule has 0 saturated heterocycles. The van der Waals surface area contributed by atoms with Crippen LogP contribution in [0.3, 0.4) is 0 Å². The summed E-state index contributed by atoms with van der Waals surface area (Å²) in [5.41, 5.74) is -0.828. The van der Waals surface area contributed by atoms with Crippen molar-refractivity contribution < 1.29 is 27.8 Å². The van der Waals surface area contributed by atoms with E-state index in [1.807, 2.05) is 15.9 Å². The van der Waals surface area contributed by atoms with Crippen molar-refractivity contribution in [2.24, 2.45) is 0 Å². The van der Waals surface area contributed by atoms with Crippen LogP contribution in [-0.2, 0) is 19.1 Å². The highest BCUT2D eigenvalue weighted by Crippen LogP contribution is 2.26. The molecule has 0 atom stereocenters. The second kappa shape index (κ2) is 6.57. The van der Waals surface area contributed by atoms with Crippen LogP contribution in [0.1, 0.15) is 13.8 Å². The summed E-state index contributed by atoms with van der Waals surface area (Å²) < 4.78 is 34.4. The highest BCUT2D eigenvalue weighted by atomic mass is 79.9. The number of esters is 1. The van der Waals surface area contributed by atoms with Gasteiger partial charge in [-0.2, -0.15) is 8.78 Å². The normalized spacial score (nSPS) is 12.2. The molecule has 7 heteroatoms. The van der Waals surface area contributed by atoms with E-state index in [1.165, 1.54) is 6.92 Å². The van der Waals surface area contributed by atoms with Gasteiger partial charge in [0.25, 0.3) is 5.78 Å². The van der Waals surface area contributed by atoms with Gasteiger partial charge in [0.15, 0.2) is 0 Å². The largest absolute Gasteiger partial charge is 0.500 e. The van der Waals surface area contributed by atoms with Crippen molar-refractivity contribution in [3.8, 4) is 0 Å². The highest BCUT2D eigenvalue weighted by Gasteiger charge is 2.40. The summed E-state index contributed by atoms with van der Waals surface area (Å²) in [5, 5.41) is 0. The van der Waals surface area contributed by atoms with Crippen LogP contribution >= 0.6 is 15.9 Å². The molecule has 0 aromatic heterocycles. The van der Waals surface area contributed by atoms with E-state index in [0.717, 1.165) is 0 Å². The first-order chi connectivity index (χ1) is 7.34. The summed E-state index contributed by atoms with van der Waals surface area (Å²) in [6.45, 7) is 3.19. The predicted molar refractivity (Wildman–Crippen MR) is 55.2 cm³/mol. The highest BCUT2D eigenvalue weighted by molar-refractivity contribution is 9.10. The number of ether oxygens (including phenoxy) is 2. The number of halogens is 3. The maximum absolute atomic E-state index is 12.7. The molecular formula is C9H11BrF2O4. The Morgan fingerprint density at radius 1 is 1.31 bits per heavy atom. The molecule has 0 radical (unpaired) electrons. The van der Waals surface area contributed by atoms with Gasteiger partial charge >= 0.3 is 10.8 Å². The van der Waals surface area contributed by atoms with Crippen molar-refractivity contribution >= 4 is 27.7 Å². The fourth-order valence-corrected chi connectivity index (χ4v) is 0.936. The Balaban J connectivity index is 4.96. The monoisotopic (exact) mass is 300 g/mol. The van der Waals surface area contributed by atoms with Crippen molar-refractivity contribution in [2.45, 2.75) is 18.7 Å². The summed E-state index contributed by atoms with van der Waals surface area (Å²) in [6.07, 6.45) is 0.676. The van der Waals surface area contributed by atoms with Crippen molar-refractivity contribution in [3.63, 3.8) is 0 Å². The predicted octanol–water partition coefficient (Wildman–Crippen LogP) is 2.03. The van der Waals surface area contributed by atoms with Crippen LogP contribution in [0.5, 0.6) is 0 Å². The van der Waals surface area contributed by atoms with E-state index >= 15 is 0 Å². The van der Waals surface area contributed by atoms with Gasteiger partial charge in [0.1, 0.15) is 11.8 Å². The summed E-state index contributed by atoms with van der Waals surface area (Å²) >= 11 is 1.87. The fraction of sp³-hybridized carbons (Fsp3) is 0.556. The molecular weight excluding hydrogens is 290 g/mol. The van der Waals surface area contributed by atoms with Crippen LogP contribution in [-0.4, -0.2) is 29.8 Å². The molecule has 0 aromatic carbocycles. The number of ketones is 1. The van der Waals surface area contributed by atoms with E-state index in [-0.39, 0.29) is 13.2 Å². The van der Waals surface area contributed by atoms with Crippen LogP contribution in [0.15, 0.2) is 11.8 Å². The second-order valence-corrected chi connectivity index (χ2v) is 3.53. The number of hydrogen-bond donors (Lipinski definition) is 0. The number of rotatable bonds is 6. The van der Waals surface area contributed by atoms with Gasteiger partial charge in [0.2, 0.25) is 0 Å². The Bertz CT molecular complexity index is 296.